The second-order valence-corrected chi connectivity index (χ2v) is 4.55. The Labute approximate surface area is 112 Å². The van der Waals surface area contributed by atoms with Crippen molar-refractivity contribution >= 4 is 17.5 Å². The van der Waals surface area contributed by atoms with E-state index in [-0.39, 0.29) is 12.1 Å². The zero-order chi connectivity index (χ0) is 13.0. The summed E-state index contributed by atoms with van der Waals surface area (Å²) in [5.41, 5.74) is 0. The van der Waals surface area contributed by atoms with Gasteiger partial charge in [0.05, 0.1) is 31.2 Å². The van der Waals surface area contributed by atoms with Gasteiger partial charge in [-0.25, -0.2) is 4.98 Å². The minimum atomic E-state index is 0.0298. The van der Waals surface area contributed by atoms with Crippen molar-refractivity contribution in [1.82, 2.24) is 9.97 Å². The molecule has 0 saturated carbocycles. The van der Waals surface area contributed by atoms with Crippen LogP contribution in [0.25, 0.3) is 0 Å². The highest BCUT2D eigenvalue weighted by Gasteiger charge is 2.27. The van der Waals surface area contributed by atoms with Gasteiger partial charge in [0, 0.05) is 18.8 Å². The molecular weight excluding hydrogens is 254 g/mol. The Hall–Kier alpha value is -1.07. The molecule has 0 radical (unpaired) electrons. The molecule has 0 bridgehead atoms. The molecule has 6 heteroatoms. The number of hydrogen-bond acceptors (Lipinski definition) is 5. The van der Waals surface area contributed by atoms with E-state index in [0.717, 1.165) is 0 Å². The molecule has 2 rings (SSSR count). The van der Waals surface area contributed by atoms with E-state index in [9.17, 15) is 0 Å². The van der Waals surface area contributed by atoms with Crippen LogP contribution in [0.5, 0.6) is 5.88 Å². The summed E-state index contributed by atoms with van der Waals surface area (Å²) in [6.07, 6.45) is 1.74. The lowest BCUT2D eigenvalue weighted by Gasteiger charge is -2.37. The summed E-state index contributed by atoms with van der Waals surface area (Å²) in [4.78, 5) is 10.8. The van der Waals surface area contributed by atoms with E-state index < -0.39 is 0 Å². The highest BCUT2D eigenvalue weighted by atomic mass is 35.5. The first-order chi connectivity index (χ1) is 8.74. The standard InChI is InChI=1S/C12H18ClN3O2/c1-3-17-11-4-5-14-12(15-11)16-7-10(6-13)18-8-9(16)2/h4-5,9-10H,3,6-8H2,1-2H3. The van der Waals surface area contributed by atoms with Gasteiger partial charge < -0.3 is 14.4 Å². The minimum Gasteiger partial charge on any atom is -0.478 e. The highest BCUT2D eigenvalue weighted by Crippen LogP contribution is 2.20. The molecule has 1 saturated heterocycles. The average molecular weight is 272 g/mol. The number of nitrogens with zero attached hydrogens (tertiary/aromatic N) is 3. The number of halogens is 1. The fourth-order valence-electron chi connectivity index (χ4n) is 1.89. The van der Waals surface area contributed by atoms with Gasteiger partial charge in [0.2, 0.25) is 11.8 Å². The minimum absolute atomic E-state index is 0.0298. The summed E-state index contributed by atoms with van der Waals surface area (Å²) in [5.74, 6) is 1.75. The first kappa shape index (κ1) is 13.4. The van der Waals surface area contributed by atoms with Crippen LogP contribution in [-0.2, 0) is 4.74 Å². The van der Waals surface area contributed by atoms with E-state index in [4.69, 9.17) is 21.1 Å². The van der Waals surface area contributed by atoms with Crippen molar-refractivity contribution in [3.63, 3.8) is 0 Å². The van der Waals surface area contributed by atoms with Crippen molar-refractivity contribution in [1.29, 1.82) is 0 Å². The summed E-state index contributed by atoms with van der Waals surface area (Å²) < 4.78 is 11.0. The number of ether oxygens (including phenoxy) is 2. The molecule has 1 aliphatic heterocycles. The second-order valence-electron chi connectivity index (χ2n) is 4.24. The van der Waals surface area contributed by atoms with Gasteiger partial charge in [-0.1, -0.05) is 0 Å². The van der Waals surface area contributed by atoms with Gasteiger partial charge in [-0.15, -0.1) is 11.6 Å². The molecule has 2 unspecified atom stereocenters. The third-order valence-electron chi connectivity index (χ3n) is 2.84. The fraction of sp³-hybridized carbons (Fsp3) is 0.667. The Balaban J connectivity index is 2.15. The zero-order valence-corrected chi connectivity index (χ0v) is 11.4. The Morgan fingerprint density at radius 3 is 3.17 bits per heavy atom. The maximum absolute atomic E-state index is 5.84. The third kappa shape index (κ3) is 3.03. The summed E-state index contributed by atoms with van der Waals surface area (Å²) in [5, 5.41) is 0. The quantitative estimate of drug-likeness (QED) is 0.780. The second kappa shape index (κ2) is 6.20. The van der Waals surface area contributed by atoms with E-state index in [0.29, 0.717) is 37.5 Å². The van der Waals surface area contributed by atoms with Gasteiger partial charge in [-0.2, -0.15) is 4.98 Å². The number of aromatic nitrogens is 2. The highest BCUT2D eigenvalue weighted by molar-refractivity contribution is 6.18. The maximum atomic E-state index is 5.84. The number of anilines is 1. The Morgan fingerprint density at radius 2 is 2.44 bits per heavy atom. The topological polar surface area (TPSA) is 47.5 Å². The van der Waals surface area contributed by atoms with Gasteiger partial charge in [-0.05, 0) is 13.8 Å². The first-order valence-corrected chi connectivity index (χ1v) is 6.68. The summed E-state index contributed by atoms with van der Waals surface area (Å²) >= 11 is 5.84. The van der Waals surface area contributed by atoms with Crippen LogP contribution >= 0.6 is 11.6 Å². The number of morpholine rings is 1. The summed E-state index contributed by atoms with van der Waals surface area (Å²) in [6.45, 7) is 5.96. The average Bonchev–Trinajstić information content (AvgIpc) is 2.40. The van der Waals surface area contributed by atoms with Crippen molar-refractivity contribution in [2.75, 3.05) is 30.5 Å². The van der Waals surface area contributed by atoms with Crippen LogP contribution in [0.2, 0.25) is 0 Å². The number of hydrogen-bond donors (Lipinski definition) is 0. The molecule has 1 aromatic heterocycles. The van der Waals surface area contributed by atoms with Crippen LogP contribution in [0.1, 0.15) is 13.8 Å². The molecule has 18 heavy (non-hydrogen) atoms. The van der Waals surface area contributed by atoms with E-state index >= 15 is 0 Å². The molecular formula is C12H18ClN3O2. The van der Waals surface area contributed by atoms with Gasteiger partial charge in [-0.3, -0.25) is 0 Å². The summed E-state index contributed by atoms with van der Waals surface area (Å²) in [6, 6.07) is 2.00. The van der Waals surface area contributed by atoms with E-state index in [1.807, 2.05) is 6.92 Å². The van der Waals surface area contributed by atoms with E-state index in [2.05, 4.69) is 21.8 Å². The normalized spacial score (nSPS) is 24.1. The predicted molar refractivity (Wildman–Crippen MR) is 70.5 cm³/mol. The fourth-order valence-corrected chi connectivity index (χ4v) is 2.08. The lowest BCUT2D eigenvalue weighted by Crippen LogP contribution is -2.49. The number of alkyl halides is 1. The molecule has 0 aromatic carbocycles. The maximum Gasteiger partial charge on any atom is 0.229 e. The first-order valence-electron chi connectivity index (χ1n) is 6.14. The van der Waals surface area contributed by atoms with E-state index in [1.54, 1.807) is 12.3 Å². The molecule has 0 N–H and O–H groups in total. The molecule has 1 aliphatic rings. The monoisotopic (exact) mass is 271 g/mol. The molecule has 2 atom stereocenters. The SMILES string of the molecule is CCOc1ccnc(N2CC(CCl)OCC2C)n1. The molecule has 0 amide bonds. The molecule has 1 aromatic rings. The van der Waals surface area contributed by atoms with Crippen molar-refractivity contribution < 1.29 is 9.47 Å². The number of rotatable bonds is 4. The van der Waals surface area contributed by atoms with Crippen LogP contribution in [0.15, 0.2) is 12.3 Å². The molecule has 2 heterocycles. The van der Waals surface area contributed by atoms with Crippen molar-refractivity contribution in [2.45, 2.75) is 26.0 Å². The van der Waals surface area contributed by atoms with Crippen molar-refractivity contribution in [3.05, 3.63) is 12.3 Å². The third-order valence-corrected chi connectivity index (χ3v) is 3.19. The van der Waals surface area contributed by atoms with Crippen LogP contribution in [0.4, 0.5) is 5.95 Å². The predicted octanol–water partition coefficient (Wildman–Crippen LogP) is 1.71. The molecule has 1 fully saturated rings. The molecule has 0 spiro atoms. The smallest absolute Gasteiger partial charge is 0.229 e. The molecule has 100 valence electrons. The van der Waals surface area contributed by atoms with Crippen LogP contribution < -0.4 is 9.64 Å². The van der Waals surface area contributed by atoms with Crippen molar-refractivity contribution in [2.24, 2.45) is 0 Å². The van der Waals surface area contributed by atoms with Gasteiger partial charge in [0.25, 0.3) is 0 Å². The van der Waals surface area contributed by atoms with Crippen LogP contribution in [-0.4, -0.2) is 47.8 Å². The van der Waals surface area contributed by atoms with Crippen molar-refractivity contribution in [3.8, 4) is 5.88 Å². The van der Waals surface area contributed by atoms with Crippen LogP contribution in [0, 0.1) is 0 Å². The Kier molecular flexibility index (Phi) is 4.60. The molecule has 5 nitrogen and oxygen atoms in total. The Morgan fingerprint density at radius 1 is 1.61 bits per heavy atom. The van der Waals surface area contributed by atoms with Gasteiger partial charge in [0.1, 0.15) is 0 Å². The largest absolute Gasteiger partial charge is 0.478 e. The zero-order valence-electron chi connectivity index (χ0n) is 10.7. The van der Waals surface area contributed by atoms with Crippen LogP contribution in [0.3, 0.4) is 0 Å². The van der Waals surface area contributed by atoms with Gasteiger partial charge >= 0.3 is 0 Å². The molecule has 0 aliphatic carbocycles. The lowest BCUT2D eigenvalue weighted by atomic mass is 10.2. The lowest BCUT2D eigenvalue weighted by molar-refractivity contribution is 0.0357. The summed E-state index contributed by atoms with van der Waals surface area (Å²) in [7, 11) is 0. The van der Waals surface area contributed by atoms with E-state index in [1.165, 1.54) is 0 Å². The van der Waals surface area contributed by atoms with Gasteiger partial charge in [0.15, 0.2) is 0 Å². The Bertz CT molecular complexity index is 391.